The second kappa shape index (κ2) is 5.88. The predicted molar refractivity (Wildman–Crippen MR) is 116 cm³/mol. The minimum atomic E-state index is 0.453. The predicted octanol–water partition coefficient (Wildman–Crippen LogP) is 4.80. The number of benzene rings is 3. The van der Waals surface area contributed by atoms with Gasteiger partial charge in [0.1, 0.15) is 0 Å². The molecule has 2 aliphatic rings. The van der Waals surface area contributed by atoms with Crippen molar-refractivity contribution < 1.29 is 0 Å². The molecule has 4 heteroatoms. The highest BCUT2D eigenvalue weighted by Crippen LogP contribution is 2.37. The normalized spacial score (nSPS) is 13.6. The molecular weight excluding hydrogens is 332 g/mol. The highest BCUT2D eigenvalue weighted by Gasteiger charge is 2.20. The lowest BCUT2D eigenvalue weighted by Crippen LogP contribution is -2.40. The molecule has 3 aromatic carbocycles. The molecule has 0 radical (unpaired) electrons. The summed E-state index contributed by atoms with van der Waals surface area (Å²) in [5.74, 6) is 0.453. The van der Waals surface area contributed by atoms with Crippen molar-refractivity contribution in [3.63, 3.8) is 0 Å². The molecule has 1 heterocycles. The molecule has 0 fully saturated rings. The van der Waals surface area contributed by atoms with Gasteiger partial charge in [-0.3, -0.25) is 5.41 Å². The molecular formula is C23H22N4. The first-order chi connectivity index (χ1) is 13.1. The third-order valence-electron chi connectivity index (χ3n) is 5.71. The van der Waals surface area contributed by atoms with Crippen LogP contribution in [0.3, 0.4) is 0 Å². The van der Waals surface area contributed by atoms with E-state index in [2.05, 4.69) is 66.0 Å². The van der Waals surface area contributed by atoms with Gasteiger partial charge in [0.25, 0.3) is 0 Å². The number of anilines is 3. The van der Waals surface area contributed by atoms with E-state index in [0.29, 0.717) is 5.96 Å². The van der Waals surface area contributed by atoms with Gasteiger partial charge >= 0.3 is 0 Å². The minimum Gasteiger partial charge on any atom is -0.384 e. The standard InChI is InChI=1S/C23H22N4/c1-26(18-8-10-20-17(14-18)12-13-25-20)23(24)27(2)21-11-7-16-5-3-4-15-6-9-19(21)22(15)16/h3-11,14,24-25H,12-13H2,1-2H3. The summed E-state index contributed by atoms with van der Waals surface area (Å²) in [4.78, 5) is 3.91. The summed E-state index contributed by atoms with van der Waals surface area (Å²) >= 11 is 0. The molecule has 0 aromatic heterocycles. The van der Waals surface area contributed by atoms with Crippen molar-refractivity contribution in [1.82, 2.24) is 0 Å². The maximum Gasteiger partial charge on any atom is 0.202 e. The van der Waals surface area contributed by atoms with Crippen LogP contribution in [0.5, 0.6) is 0 Å². The van der Waals surface area contributed by atoms with Gasteiger partial charge in [0.2, 0.25) is 5.96 Å². The fourth-order valence-electron chi connectivity index (χ4n) is 4.16. The number of guanidine groups is 1. The lowest BCUT2D eigenvalue weighted by Gasteiger charge is -2.29. The Balaban J connectivity index is 1.49. The van der Waals surface area contributed by atoms with Crippen LogP contribution in [0.4, 0.5) is 17.1 Å². The van der Waals surface area contributed by atoms with Crippen LogP contribution in [0.25, 0.3) is 22.9 Å². The number of rotatable bonds is 2. The van der Waals surface area contributed by atoms with E-state index in [1.165, 1.54) is 33.2 Å². The Bertz CT molecular complexity index is 1110. The molecule has 0 unspecified atom stereocenters. The van der Waals surface area contributed by atoms with E-state index in [9.17, 15) is 0 Å². The molecule has 0 bridgehead atoms. The van der Waals surface area contributed by atoms with Gasteiger partial charge < -0.3 is 15.1 Å². The Labute approximate surface area is 159 Å². The summed E-state index contributed by atoms with van der Waals surface area (Å²) in [6.07, 6.45) is 5.37. The number of hydrogen-bond acceptors (Lipinski definition) is 2. The van der Waals surface area contributed by atoms with Gasteiger partial charge in [0.15, 0.2) is 0 Å². The van der Waals surface area contributed by atoms with E-state index >= 15 is 0 Å². The van der Waals surface area contributed by atoms with Gasteiger partial charge in [-0.15, -0.1) is 0 Å². The van der Waals surface area contributed by atoms with E-state index in [4.69, 9.17) is 5.41 Å². The molecule has 27 heavy (non-hydrogen) atoms. The molecule has 0 spiro atoms. The summed E-state index contributed by atoms with van der Waals surface area (Å²) in [5.41, 5.74) is 7.09. The zero-order valence-corrected chi connectivity index (χ0v) is 15.6. The molecule has 0 saturated heterocycles. The van der Waals surface area contributed by atoms with Crippen molar-refractivity contribution in [1.29, 1.82) is 5.41 Å². The summed E-state index contributed by atoms with van der Waals surface area (Å²) < 4.78 is 0. The summed E-state index contributed by atoms with van der Waals surface area (Å²) in [5, 5.41) is 14.7. The minimum absolute atomic E-state index is 0.453. The molecule has 5 rings (SSSR count). The Kier molecular flexibility index (Phi) is 3.47. The van der Waals surface area contributed by atoms with Crippen LogP contribution in [-0.2, 0) is 6.42 Å². The van der Waals surface area contributed by atoms with E-state index in [1.54, 1.807) is 0 Å². The third kappa shape index (κ3) is 2.40. The zero-order valence-electron chi connectivity index (χ0n) is 15.6. The molecule has 0 amide bonds. The first kappa shape index (κ1) is 15.9. The van der Waals surface area contributed by atoms with Crippen LogP contribution in [0.2, 0.25) is 0 Å². The second-order valence-electron chi connectivity index (χ2n) is 7.24. The molecule has 2 N–H and O–H groups in total. The van der Waals surface area contributed by atoms with Crippen molar-refractivity contribution in [2.75, 3.05) is 35.8 Å². The average molecular weight is 354 g/mol. The molecule has 4 nitrogen and oxygen atoms in total. The van der Waals surface area contributed by atoms with Gasteiger partial charge in [-0.1, -0.05) is 36.4 Å². The van der Waals surface area contributed by atoms with E-state index in [1.807, 2.05) is 23.9 Å². The quantitative estimate of drug-likeness (QED) is 0.401. The Morgan fingerprint density at radius 2 is 1.89 bits per heavy atom. The Morgan fingerprint density at radius 3 is 2.78 bits per heavy atom. The lowest BCUT2D eigenvalue weighted by atomic mass is 10.0. The Hall–Kier alpha value is -3.27. The molecule has 0 atom stereocenters. The zero-order chi connectivity index (χ0) is 18.5. The lowest BCUT2D eigenvalue weighted by molar-refractivity contribution is 1.09. The van der Waals surface area contributed by atoms with Gasteiger partial charge in [-0.25, -0.2) is 0 Å². The maximum absolute atomic E-state index is 8.78. The van der Waals surface area contributed by atoms with Crippen molar-refractivity contribution in [3.05, 3.63) is 65.2 Å². The largest absolute Gasteiger partial charge is 0.384 e. The fourth-order valence-corrected chi connectivity index (χ4v) is 4.16. The van der Waals surface area contributed by atoms with Crippen molar-refractivity contribution in [2.24, 2.45) is 0 Å². The number of nitrogens with zero attached hydrogens (tertiary/aromatic N) is 2. The van der Waals surface area contributed by atoms with Crippen LogP contribution in [-0.4, -0.2) is 26.6 Å². The number of fused-ring (bicyclic) bond motifs is 1. The van der Waals surface area contributed by atoms with Crippen molar-refractivity contribution >= 4 is 45.9 Å². The van der Waals surface area contributed by atoms with Crippen molar-refractivity contribution in [3.8, 4) is 0 Å². The summed E-state index contributed by atoms with van der Waals surface area (Å²) in [6, 6.07) is 17.0. The Morgan fingerprint density at radius 1 is 1.00 bits per heavy atom. The molecule has 0 saturated carbocycles. The fraction of sp³-hybridized carbons (Fsp3) is 0.174. The van der Waals surface area contributed by atoms with Crippen LogP contribution >= 0.6 is 0 Å². The van der Waals surface area contributed by atoms with E-state index in [-0.39, 0.29) is 0 Å². The topological polar surface area (TPSA) is 42.4 Å². The maximum atomic E-state index is 8.78. The van der Waals surface area contributed by atoms with E-state index in [0.717, 1.165) is 24.3 Å². The smallest absolute Gasteiger partial charge is 0.202 e. The van der Waals surface area contributed by atoms with Crippen LogP contribution in [0.15, 0.2) is 48.5 Å². The van der Waals surface area contributed by atoms with Crippen LogP contribution in [0.1, 0.15) is 16.7 Å². The van der Waals surface area contributed by atoms with Crippen LogP contribution < -0.4 is 15.1 Å². The van der Waals surface area contributed by atoms with Crippen LogP contribution in [0, 0.1) is 5.41 Å². The molecule has 134 valence electrons. The van der Waals surface area contributed by atoms with Gasteiger partial charge in [-0.05, 0) is 52.6 Å². The second-order valence-corrected chi connectivity index (χ2v) is 7.24. The first-order valence-corrected chi connectivity index (χ1v) is 9.30. The van der Waals surface area contributed by atoms with E-state index < -0.39 is 0 Å². The summed E-state index contributed by atoms with van der Waals surface area (Å²) in [7, 11) is 3.94. The monoisotopic (exact) mass is 354 g/mol. The van der Waals surface area contributed by atoms with Crippen molar-refractivity contribution in [2.45, 2.75) is 6.42 Å². The molecule has 1 aliphatic heterocycles. The SMILES string of the molecule is CN(C(=N)N(C)c1ccc2cccc3c2c1C=C3)c1ccc2c(c1)CCN2. The van der Waals surface area contributed by atoms with Gasteiger partial charge in [0, 0.05) is 37.6 Å². The average Bonchev–Trinajstić information content (AvgIpc) is 3.34. The van der Waals surface area contributed by atoms with Gasteiger partial charge in [0.05, 0.1) is 5.69 Å². The molecule has 1 aliphatic carbocycles. The highest BCUT2D eigenvalue weighted by molar-refractivity contribution is 6.12. The third-order valence-corrected chi connectivity index (χ3v) is 5.71. The molecule has 3 aromatic rings. The van der Waals surface area contributed by atoms with Gasteiger partial charge in [-0.2, -0.15) is 0 Å². The number of nitrogens with one attached hydrogen (secondary N) is 2. The highest BCUT2D eigenvalue weighted by atomic mass is 15.3. The first-order valence-electron chi connectivity index (χ1n) is 9.30. The summed E-state index contributed by atoms with van der Waals surface area (Å²) in [6.45, 7) is 0.995. The number of hydrogen-bond donors (Lipinski definition) is 2.